The third-order valence-electron chi connectivity index (χ3n) is 4.21. The molecule has 0 spiro atoms. The van der Waals surface area contributed by atoms with Gasteiger partial charge in [0.15, 0.2) is 0 Å². The third kappa shape index (κ3) is 4.56. The minimum absolute atomic E-state index is 0.129. The summed E-state index contributed by atoms with van der Waals surface area (Å²) in [5.41, 5.74) is 2.75. The van der Waals surface area contributed by atoms with Gasteiger partial charge in [-0.1, -0.05) is 55.8 Å². The molecule has 0 unspecified atom stereocenters. The summed E-state index contributed by atoms with van der Waals surface area (Å²) >= 11 is 6.07. The molecule has 0 radical (unpaired) electrons. The highest BCUT2D eigenvalue weighted by Gasteiger charge is 2.15. The lowest BCUT2D eigenvalue weighted by Crippen LogP contribution is -2.17. The fourth-order valence-electron chi connectivity index (χ4n) is 2.75. The first-order chi connectivity index (χ1) is 13.5. The van der Waals surface area contributed by atoms with Gasteiger partial charge in [-0.3, -0.25) is 14.6 Å². The molecular formula is C22H20ClN3O2. The van der Waals surface area contributed by atoms with E-state index < -0.39 is 5.91 Å². The molecule has 5 nitrogen and oxygen atoms in total. The van der Waals surface area contributed by atoms with Gasteiger partial charge in [0.2, 0.25) is 0 Å². The van der Waals surface area contributed by atoms with Crippen molar-refractivity contribution in [2.24, 2.45) is 0 Å². The van der Waals surface area contributed by atoms with Gasteiger partial charge in [-0.25, -0.2) is 0 Å². The summed E-state index contributed by atoms with van der Waals surface area (Å²) in [6, 6.07) is 17.6. The predicted octanol–water partition coefficient (Wildman–Crippen LogP) is 5.36. The number of amides is 2. The summed E-state index contributed by atoms with van der Waals surface area (Å²) in [4.78, 5) is 29.2. The Kier molecular flexibility index (Phi) is 6.06. The van der Waals surface area contributed by atoms with Crippen LogP contribution in [0.15, 0.2) is 66.9 Å². The number of benzene rings is 2. The topological polar surface area (TPSA) is 71.1 Å². The van der Waals surface area contributed by atoms with Crippen molar-refractivity contribution in [2.75, 3.05) is 10.6 Å². The van der Waals surface area contributed by atoms with Crippen molar-refractivity contribution in [1.29, 1.82) is 0 Å². The fraction of sp³-hybridized carbons (Fsp3) is 0.136. The Morgan fingerprint density at radius 1 is 0.893 bits per heavy atom. The van der Waals surface area contributed by atoms with Crippen LogP contribution in [0.5, 0.6) is 0 Å². The normalized spacial score (nSPS) is 10.6. The Morgan fingerprint density at radius 2 is 1.54 bits per heavy atom. The number of nitrogens with zero attached hydrogens (tertiary/aromatic N) is 1. The van der Waals surface area contributed by atoms with Crippen molar-refractivity contribution >= 4 is 34.8 Å². The lowest BCUT2D eigenvalue weighted by Gasteiger charge is -2.14. The first kappa shape index (κ1) is 19.6. The number of carbonyl (C=O) groups excluding carboxylic acids is 2. The number of aromatic nitrogens is 1. The third-order valence-corrected chi connectivity index (χ3v) is 4.54. The molecule has 1 heterocycles. The maximum Gasteiger partial charge on any atom is 0.274 e. The van der Waals surface area contributed by atoms with Crippen molar-refractivity contribution in [3.63, 3.8) is 0 Å². The highest BCUT2D eigenvalue weighted by molar-refractivity contribution is 6.33. The Labute approximate surface area is 168 Å². The van der Waals surface area contributed by atoms with E-state index in [1.165, 1.54) is 12.3 Å². The lowest BCUT2D eigenvalue weighted by molar-refractivity contribution is 0.102. The molecule has 0 aliphatic heterocycles. The maximum absolute atomic E-state index is 12.7. The number of anilines is 2. The standard InChI is InChI=1S/C22H20ClN3O2/c1-14(2)16-7-3-5-9-18(16)25-21(27)15-11-12-24-20(13-15)22(28)26-19-10-6-4-8-17(19)23/h3-14H,1-2H3,(H,25,27)(H,26,28). The first-order valence-electron chi connectivity index (χ1n) is 8.88. The van der Waals surface area contributed by atoms with Gasteiger partial charge in [0, 0.05) is 17.4 Å². The average molecular weight is 394 g/mol. The molecule has 0 bridgehead atoms. The van der Waals surface area contributed by atoms with E-state index in [0.29, 0.717) is 16.3 Å². The largest absolute Gasteiger partial charge is 0.322 e. The minimum Gasteiger partial charge on any atom is -0.322 e. The fourth-order valence-corrected chi connectivity index (χ4v) is 2.94. The lowest BCUT2D eigenvalue weighted by atomic mass is 10.0. The average Bonchev–Trinajstić information content (AvgIpc) is 2.70. The zero-order valence-corrected chi connectivity index (χ0v) is 16.3. The molecule has 142 valence electrons. The molecule has 2 amide bonds. The summed E-state index contributed by atoms with van der Waals surface area (Å²) in [6.07, 6.45) is 1.44. The SMILES string of the molecule is CC(C)c1ccccc1NC(=O)c1ccnc(C(=O)Nc2ccccc2Cl)c1. The molecule has 1 aromatic heterocycles. The van der Waals surface area contributed by atoms with Crippen LogP contribution >= 0.6 is 11.6 Å². The van der Waals surface area contributed by atoms with E-state index >= 15 is 0 Å². The number of hydrogen-bond donors (Lipinski definition) is 2. The molecule has 3 aromatic rings. The van der Waals surface area contributed by atoms with Crippen LogP contribution in [0.4, 0.5) is 11.4 Å². The van der Waals surface area contributed by atoms with Crippen LogP contribution in [0.2, 0.25) is 5.02 Å². The summed E-state index contributed by atoms with van der Waals surface area (Å²) in [7, 11) is 0. The summed E-state index contributed by atoms with van der Waals surface area (Å²) in [6.45, 7) is 4.13. The number of rotatable bonds is 5. The second-order valence-corrected chi connectivity index (χ2v) is 6.97. The molecule has 0 fully saturated rings. The van der Waals surface area contributed by atoms with E-state index in [-0.39, 0.29) is 17.5 Å². The minimum atomic E-state index is -0.440. The smallest absolute Gasteiger partial charge is 0.274 e. The van der Waals surface area contributed by atoms with Crippen LogP contribution in [0.25, 0.3) is 0 Å². The van der Waals surface area contributed by atoms with Crippen LogP contribution in [0.3, 0.4) is 0 Å². The molecule has 2 N–H and O–H groups in total. The number of hydrogen-bond acceptors (Lipinski definition) is 3. The quantitative estimate of drug-likeness (QED) is 0.612. The molecular weight excluding hydrogens is 374 g/mol. The van der Waals surface area contributed by atoms with Gasteiger partial charge in [-0.2, -0.15) is 0 Å². The van der Waals surface area contributed by atoms with E-state index in [0.717, 1.165) is 11.3 Å². The number of para-hydroxylation sites is 2. The summed E-state index contributed by atoms with van der Waals surface area (Å²) in [5, 5.41) is 6.04. The summed E-state index contributed by atoms with van der Waals surface area (Å²) in [5.74, 6) is -0.474. The van der Waals surface area contributed by atoms with Crippen LogP contribution in [0, 0.1) is 0 Å². The predicted molar refractivity (Wildman–Crippen MR) is 112 cm³/mol. The van der Waals surface area contributed by atoms with Crippen LogP contribution in [-0.4, -0.2) is 16.8 Å². The maximum atomic E-state index is 12.7. The number of halogens is 1. The molecule has 0 saturated heterocycles. The van der Waals surface area contributed by atoms with E-state index in [2.05, 4.69) is 29.5 Å². The van der Waals surface area contributed by atoms with Gasteiger partial charge in [-0.15, -0.1) is 0 Å². The van der Waals surface area contributed by atoms with Gasteiger partial charge in [0.05, 0.1) is 10.7 Å². The van der Waals surface area contributed by atoms with Crippen molar-refractivity contribution in [1.82, 2.24) is 4.98 Å². The molecule has 6 heteroatoms. The Bertz CT molecular complexity index is 1020. The Morgan fingerprint density at radius 3 is 2.25 bits per heavy atom. The summed E-state index contributed by atoms with van der Waals surface area (Å²) < 4.78 is 0. The van der Waals surface area contributed by atoms with Crippen molar-refractivity contribution < 1.29 is 9.59 Å². The highest BCUT2D eigenvalue weighted by Crippen LogP contribution is 2.24. The number of pyridine rings is 1. The Balaban J connectivity index is 1.78. The van der Waals surface area contributed by atoms with Gasteiger partial charge in [0.25, 0.3) is 11.8 Å². The molecule has 0 aliphatic carbocycles. The second kappa shape index (κ2) is 8.67. The van der Waals surface area contributed by atoms with E-state index in [1.807, 2.05) is 24.3 Å². The molecule has 28 heavy (non-hydrogen) atoms. The Hall–Kier alpha value is -3.18. The van der Waals surface area contributed by atoms with Gasteiger partial charge < -0.3 is 10.6 Å². The second-order valence-electron chi connectivity index (χ2n) is 6.56. The molecule has 0 aliphatic rings. The van der Waals surface area contributed by atoms with Crippen molar-refractivity contribution in [3.05, 3.63) is 88.7 Å². The monoisotopic (exact) mass is 393 g/mol. The van der Waals surface area contributed by atoms with Gasteiger partial charge in [0.1, 0.15) is 5.69 Å². The molecule has 0 atom stereocenters. The molecule has 3 rings (SSSR count). The van der Waals surface area contributed by atoms with Crippen LogP contribution in [0.1, 0.15) is 46.2 Å². The molecule has 2 aromatic carbocycles. The highest BCUT2D eigenvalue weighted by atomic mass is 35.5. The van der Waals surface area contributed by atoms with Gasteiger partial charge in [-0.05, 0) is 41.8 Å². The molecule has 0 saturated carbocycles. The van der Waals surface area contributed by atoms with E-state index in [9.17, 15) is 9.59 Å². The van der Waals surface area contributed by atoms with E-state index in [1.54, 1.807) is 30.3 Å². The zero-order valence-electron chi connectivity index (χ0n) is 15.6. The zero-order chi connectivity index (χ0) is 20.1. The van der Waals surface area contributed by atoms with Crippen molar-refractivity contribution in [2.45, 2.75) is 19.8 Å². The first-order valence-corrected chi connectivity index (χ1v) is 9.25. The van der Waals surface area contributed by atoms with Crippen LogP contribution < -0.4 is 10.6 Å². The number of carbonyl (C=O) groups is 2. The van der Waals surface area contributed by atoms with Crippen molar-refractivity contribution in [3.8, 4) is 0 Å². The van der Waals surface area contributed by atoms with E-state index in [4.69, 9.17) is 11.6 Å². The van der Waals surface area contributed by atoms with Gasteiger partial charge >= 0.3 is 0 Å². The number of nitrogens with one attached hydrogen (secondary N) is 2. The van der Waals surface area contributed by atoms with Crippen LogP contribution in [-0.2, 0) is 0 Å².